The molecule has 0 bridgehead atoms. The van der Waals surface area contributed by atoms with Crippen LogP contribution in [-0.4, -0.2) is 11.8 Å². The van der Waals surface area contributed by atoms with Gasteiger partial charge in [-0.1, -0.05) is 30.3 Å². The number of rotatable bonds is 7. The Bertz CT molecular complexity index is 979. The van der Waals surface area contributed by atoms with Gasteiger partial charge in [0.05, 0.1) is 0 Å². The van der Waals surface area contributed by atoms with Crippen molar-refractivity contribution in [1.82, 2.24) is 5.32 Å². The van der Waals surface area contributed by atoms with Gasteiger partial charge in [-0.3, -0.25) is 9.59 Å². The van der Waals surface area contributed by atoms with E-state index >= 15 is 0 Å². The van der Waals surface area contributed by atoms with Crippen LogP contribution in [0, 0.1) is 5.92 Å². The third-order valence-corrected chi connectivity index (χ3v) is 4.84. The fourth-order valence-electron chi connectivity index (χ4n) is 2.98. The van der Waals surface area contributed by atoms with Crippen LogP contribution in [0.3, 0.4) is 0 Å². The van der Waals surface area contributed by atoms with Crippen molar-refractivity contribution in [3.63, 3.8) is 0 Å². The molecule has 3 aromatic carbocycles. The van der Waals surface area contributed by atoms with Crippen molar-refractivity contribution < 1.29 is 9.59 Å². The van der Waals surface area contributed by atoms with Gasteiger partial charge in [0, 0.05) is 35.1 Å². The van der Waals surface area contributed by atoms with E-state index in [1.54, 1.807) is 12.1 Å². The molecule has 0 aromatic heterocycles. The topological polar surface area (TPSA) is 70.2 Å². The van der Waals surface area contributed by atoms with Crippen LogP contribution in [0.2, 0.25) is 0 Å². The molecule has 0 aliphatic heterocycles. The molecular formula is C24H23N3O2. The average Bonchev–Trinajstić information content (AvgIpc) is 3.60. The smallest absolute Gasteiger partial charge is 0.255 e. The summed E-state index contributed by atoms with van der Waals surface area (Å²) in [5.41, 5.74) is 4.25. The third kappa shape index (κ3) is 5.23. The van der Waals surface area contributed by atoms with Crippen LogP contribution in [0.25, 0.3) is 0 Å². The predicted octanol–water partition coefficient (Wildman–Crippen LogP) is 4.71. The Morgan fingerprint density at radius 3 is 2.03 bits per heavy atom. The van der Waals surface area contributed by atoms with E-state index in [0.29, 0.717) is 12.1 Å². The largest absolute Gasteiger partial charge is 0.356 e. The molecule has 1 aliphatic rings. The summed E-state index contributed by atoms with van der Waals surface area (Å²) in [6.07, 6.45) is 1.99. The Morgan fingerprint density at radius 2 is 1.38 bits per heavy atom. The van der Waals surface area contributed by atoms with Crippen molar-refractivity contribution >= 4 is 28.9 Å². The summed E-state index contributed by atoms with van der Waals surface area (Å²) in [7, 11) is 0. The van der Waals surface area contributed by atoms with Crippen LogP contribution in [0.15, 0.2) is 78.9 Å². The summed E-state index contributed by atoms with van der Waals surface area (Å²) in [6, 6.07) is 24.8. The van der Waals surface area contributed by atoms with Gasteiger partial charge in [-0.15, -0.1) is 0 Å². The second-order valence-corrected chi connectivity index (χ2v) is 7.21. The van der Waals surface area contributed by atoms with Gasteiger partial charge in [0.15, 0.2) is 0 Å². The Morgan fingerprint density at radius 1 is 0.759 bits per heavy atom. The number of hydrogen-bond donors (Lipinski definition) is 3. The van der Waals surface area contributed by atoms with Gasteiger partial charge in [-0.05, 0) is 66.9 Å². The van der Waals surface area contributed by atoms with Crippen molar-refractivity contribution in [1.29, 1.82) is 0 Å². The minimum atomic E-state index is -0.165. The molecule has 3 N–H and O–H groups in total. The Balaban J connectivity index is 1.30. The first-order chi connectivity index (χ1) is 14.2. The zero-order valence-electron chi connectivity index (χ0n) is 16.0. The molecule has 5 nitrogen and oxygen atoms in total. The molecule has 5 heteroatoms. The average molecular weight is 385 g/mol. The first-order valence-corrected chi connectivity index (χ1v) is 9.77. The number of amides is 2. The highest BCUT2D eigenvalue weighted by Gasteiger charge is 2.29. The fraction of sp³-hybridized carbons (Fsp3) is 0.167. The summed E-state index contributed by atoms with van der Waals surface area (Å²) in [5, 5.41) is 9.14. The summed E-state index contributed by atoms with van der Waals surface area (Å²) < 4.78 is 0. The molecule has 0 unspecified atom stereocenters. The van der Waals surface area contributed by atoms with Gasteiger partial charge in [0.1, 0.15) is 0 Å². The highest BCUT2D eigenvalue weighted by molar-refractivity contribution is 6.04. The minimum Gasteiger partial charge on any atom is -0.356 e. The lowest BCUT2D eigenvalue weighted by molar-refractivity contribution is -0.122. The minimum absolute atomic E-state index is 0.122. The highest BCUT2D eigenvalue weighted by Crippen LogP contribution is 2.28. The zero-order valence-corrected chi connectivity index (χ0v) is 16.0. The molecule has 1 fully saturated rings. The Kier molecular flexibility index (Phi) is 5.56. The molecule has 4 rings (SSSR count). The third-order valence-electron chi connectivity index (χ3n) is 4.84. The highest BCUT2D eigenvalue weighted by atomic mass is 16.2. The number of benzene rings is 3. The van der Waals surface area contributed by atoms with E-state index in [2.05, 4.69) is 16.0 Å². The van der Waals surface area contributed by atoms with Crippen LogP contribution in [0.5, 0.6) is 0 Å². The lowest BCUT2D eigenvalue weighted by Gasteiger charge is -2.09. The van der Waals surface area contributed by atoms with Crippen molar-refractivity contribution in [3.05, 3.63) is 90.0 Å². The Hall–Kier alpha value is -3.60. The first kappa shape index (κ1) is 18.7. The van der Waals surface area contributed by atoms with E-state index in [1.165, 1.54) is 0 Å². The number of nitrogens with one attached hydrogen (secondary N) is 3. The van der Waals surface area contributed by atoms with Gasteiger partial charge in [-0.25, -0.2) is 0 Å². The van der Waals surface area contributed by atoms with E-state index < -0.39 is 0 Å². The van der Waals surface area contributed by atoms with Gasteiger partial charge in [-0.2, -0.15) is 0 Å². The Labute approximate surface area is 170 Å². The quantitative estimate of drug-likeness (QED) is 0.552. The zero-order chi connectivity index (χ0) is 20.1. The fourth-order valence-corrected chi connectivity index (χ4v) is 2.98. The van der Waals surface area contributed by atoms with E-state index in [4.69, 9.17) is 0 Å². The predicted molar refractivity (Wildman–Crippen MR) is 115 cm³/mol. The molecule has 1 aliphatic carbocycles. The number of carbonyl (C=O) groups is 2. The summed E-state index contributed by atoms with van der Waals surface area (Å²) in [6.45, 7) is 0.493. The monoisotopic (exact) mass is 385 g/mol. The van der Waals surface area contributed by atoms with E-state index in [0.717, 1.165) is 35.5 Å². The maximum Gasteiger partial charge on any atom is 0.255 e. The van der Waals surface area contributed by atoms with Crippen LogP contribution in [0.4, 0.5) is 17.1 Å². The molecule has 3 aromatic rings. The van der Waals surface area contributed by atoms with Crippen LogP contribution < -0.4 is 16.0 Å². The van der Waals surface area contributed by atoms with Crippen molar-refractivity contribution in [2.45, 2.75) is 19.4 Å². The molecule has 0 atom stereocenters. The maximum absolute atomic E-state index is 12.5. The molecule has 0 radical (unpaired) electrons. The van der Waals surface area contributed by atoms with E-state index in [1.807, 2.05) is 66.7 Å². The lowest BCUT2D eigenvalue weighted by atomic mass is 10.1. The second kappa shape index (κ2) is 8.61. The number of anilines is 3. The second-order valence-electron chi connectivity index (χ2n) is 7.21. The first-order valence-electron chi connectivity index (χ1n) is 9.77. The van der Waals surface area contributed by atoms with Crippen LogP contribution in [-0.2, 0) is 11.3 Å². The van der Waals surface area contributed by atoms with Crippen LogP contribution >= 0.6 is 0 Å². The van der Waals surface area contributed by atoms with E-state index in [-0.39, 0.29) is 17.7 Å². The maximum atomic E-state index is 12.5. The molecule has 0 spiro atoms. The standard InChI is InChI=1S/C24H23N3O2/c28-23(18-10-11-18)25-16-17-6-8-19(9-7-17)24(29)27-22-14-12-21(13-15-22)26-20-4-2-1-3-5-20/h1-9,12-15,18,26H,10-11,16H2,(H,25,28)(H,27,29). The molecular weight excluding hydrogens is 362 g/mol. The summed E-state index contributed by atoms with van der Waals surface area (Å²) in [5.74, 6) is 0.161. The lowest BCUT2D eigenvalue weighted by Crippen LogP contribution is -2.24. The molecule has 1 saturated carbocycles. The molecule has 146 valence electrons. The van der Waals surface area contributed by atoms with Crippen molar-refractivity contribution in [2.24, 2.45) is 5.92 Å². The van der Waals surface area contributed by atoms with Gasteiger partial charge < -0.3 is 16.0 Å². The summed E-state index contributed by atoms with van der Waals surface area (Å²) in [4.78, 5) is 24.2. The summed E-state index contributed by atoms with van der Waals surface area (Å²) >= 11 is 0. The van der Waals surface area contributed by atoms with Crippen LogP contribution in [0.1, 0.15) is 28.8 Å². The number of para-hydroxylation sites is 1. The molecule has 0 saturated heterocycles. The van der Waals surface area contributed by atoms with E-state index in [9.17, 15) is 9.59 Å². The molecule has 2 amide bonds. The van der Waals surface area contributed by atoms with Crippen molar-refractivity contribution in [2.75, 3.05) is 10.6 Å². The van der Waals surface area contributed by atoms with Crippen molar-refractivity contribution in [3.8, 4) is 0 Å². The number of carbonyl (C=O) groups excluding carboxylic acids is 2. The van der Waals surface area contributed by atoms with Gasteiger partial charge in [0.2, 0.25) is 5.91 Å². The van der Waals surface area contributed by atoms with Gasteiger partial charge >= 0.3 is 0 Å². The number of hydrogen-bond acceptors (Lipinski definition) is 3. The normalized spacial score (nSPS) is 12.8. The molecule has 0 heterocycles. The molecule has 29 heavy (non-hydrogen) atoms. The van der Waals surface area contributed by atoms with Gasteiger partial charge in [0.25, 0.3) is 5.91 Å². The SMILES string of the molecule is O=C(Nc1ccc(Nc2ccccc2)cc1)c1ccc(CNC(=O)C2CC2)cc1.